The number of hydrogen-bond donors (Lipinski definition) is 0. The fourth-order valence-corrected chi connectivity index (χ4v) is 4.75. The molecule has 1 aromatic heterocycles. The molecular formula is C19H19FN4O3S. The molecule has 2 heterocycles. The maximum Gasteiger partial charge on any atom is 0.243 e. The van der Waals surface area contributed by atoms with Crippen LogP contribution < -0.4 is 5.43 Å². The molecule has 1 aliphatic rings. The first-order valence-electron chi connectivity index (χ1n) is 8.88. The highest BCUT2D eigenvalue weighted by molar-refractivity contribution is 7.89. The lowest BCUT2D eigenvalue weighted by Crippen LogP contribution is -2.49. The van der Waals surface area contributed by atoms with Crippen molar-refractivity contribution in [2.75, 3.05) is 26.2 Å². The smallest absolute Gasteiger partial charge is 0.243 e. The van der Waals surface area contributed by atoms with Gasteiger partial charge < -0.3 is 0 Å². The van der Waals surface area contributed by atoms with Crippen molar-refractivity contribution in [2.24, 2.45) is 0 Å². The van der Waals surface area contributed by atoms with E-state index in [-0.39, 0.29) is 10.3 Å². The molecule has 3 aromatic rings. The van der Waals surface area contributed by atoms with Crippen LogP contribution in [0.4, 0.5) is 4.39 Å². The Morgan fingerprint density at radius 3 is 2.36 bits per heavy atom. The molecule has 1 aliphatic heterocycles. The minimum atomic E-state index is -3.64. The molecular weight excluding hydrogens is 383 g/mol. The second kappa shape index (κ2) is 7.42. The Kier molecular flexibility index (Phi) is 4.96. The van der Waals surface area contributed by atoms with E-state index < -0.39 is 15.8 Å². The number of hydrogen-bond acceptors (Lipinski definition) is 5. The number of rotatable bonds is 4. The number of nitrogens with zero attached hydrogens (tertiary/aromatic N) is 4. The zero-order valence-corrected chi connectivity index (χ0v) is 15.8. The van der Waals surface area contributed by atoms with E-state index in [1.165, 1.54) is 22.6 Å². The fraction of sp³-hybridized carbons (Fsp3) is 0.263. The van der Waals surface area contributed by atoms with Gasteiger partial charge in [-0.3, -0.25) is 14.4 Å². The van der Waals surface area contributed by atoms with Crippen LogP contribution in [0, 0.1) is 5.82 Å². The van der Waals surface area contributed by atoms with Crippen molar-refractivity contribution in [1.82, 2.24) is 19.0 Å². The molecule has 146 valence electrons. The molecule has 1 fully saturated rings. The number of fused-ring (bicyclic) bond motifs is 1. The largest absolute Gasteiger partial charge is 0.287 e. The molecule has 4 rings (SSSR count). The van der Waals surface area contributed by atoms with Gasteiger partial charge in [0.25, 0.3) is 0 Å². The van der Waals surface area contributed by atoms with Crippen LogP contribution >= 0.6 is 0 Å². The summed E-state index contributed by atoms with van der Waals surface area (Å²) >= 11 is 0. The lowest BCUT2D eigenvalue weighted by Gasteiger charge is -2.34. The van der Waals surface area contributed by atoms with Crippen molar-refractivity contribution in [3.8, 4) is 0 Å². The Morgan fingerprint density at radius 1 is 0.964 bits per heavy atom. The van der Waals surface area contributed by atoms with Crippen molar-refractivity contribution >= 4 is 20.9 Å². The number of piperazine rings is 1. The van der Waals surface area contributed by atoms with Crippen molar-refractivity contribution in [2.45, 2.75) is 11.6 Å². The maximum absolute atomic E-state index is 13.1. The van der Waals surface area contributed by atoms with Crippen LogP contribution in [-0.4, -0.2) is 53.6 Å². The predicted molar refractivity (Wildman–Crippen MR) is 103 cm³/mol. The van der Waals surface area contributed by atoms with E-state index in [0.29, 0.717) is 38.2 Å². The average Bonchev–Trinajstić information content (AvgIpc) is 2.71. The molecule has 0 amide bonds. The molecule has 0 N–H and O–H groups in total. The Labute approximate surface area is 161 Å². The maximum atomic E-state index is 13.1. The van der Waals surface area contributed by atoms with E-state index in [9.17, 15) is 17.6 Å². The van der Waals surface area contributed by atoms with E-state index >= 15 is 0 Å². The first-order valence-corrected chi connectivity index (χ1v) is 10.3. The third-order valence-electron chi connectivity index (χ3n) is 4.88. The number of benzene rings is 2. The average molecular weight is 402 g/mol. The van der Waals surface area contributed by atoms with Crippen molar-refractivity contribution in [3.05, 3.63) is 70.8 Å². The number of sulfonamides is 1. The van der Waals surface area contributed by atoms with Gasteiger partial charge in [-0.05, 0) is 36.4 Å². The van der Waals surface area contributed by atoms with Gasteiger partial charge in [0.1, 0.15) is 5.82 Å². The SMILES string of the molecule is O=c1cnn(CN2CCN(S(=O)(=O)c3ccc(F)cc3)CC2)c2ccccc12. The van der Waals surface area contributed by atoms with Gasteiger partial charge in [-0.2, -0.15) is 9.40 Å². The van der Waals surface area contributed by atoms with E-state index in [0.717, 1.165) is 17.6 Å². The van der Waals surface area contributed by atoms with Gasteiger partial charge in [0.2, 0.25) is 15.5 Å². The highest BCUT2D eigenvalue weighted by Crippen LogP contribution is 2.18. The number of para-hydroxylation sites is 1. The summed E-state index contributed by atoms with van der Waals surface area (Å²) in [6.07, 6.45) is 1.30. The summed E-state index contributed by atoms with van der Waals surface area (Å²) in [5.41, 5.74) is 0.624. The molecule has 0 unspecified atom stereocenters. The van der Waals surface area contributed by atoms with Crippen LogP contribution in [0.2, 0.25) is 0 Å². The number of halogens is 1. The minimum Gasteiger partial charge on any atom is -0.287 e. The van der Waals surface area contributed by atoms with Crippen LogP contribution in [0.25, 0.3) is 10.9 Å². The molecule has 2 aromatic carbocycles. The van der Waals surface area contributed by atoms with Gasteiger partial charge in [-0.15, -0.1) is 0 Å². The van der Waals surface area contributed by atoms with Gasteiger partial charge in [0.15, 0.2) is 0 Å². The van der Waals surface area contributed by atoms with Gasteiger partial charge in [0.05, 0.1) is 23.3 Å². The molecule has 0 saturated carbocycles. The van der Waals surface area contributed by atoms with Crippen LogP contribution in [0.3, 0.4) is 0 Å². The van der Waals surface area contributed by atoms with Gasteiger partial charge in [-0.1, -0.05) is 12.1 Å². The third kappa shape index (κ3) is 3.56. The van der Waals surface area contributed by atoms with E-state index in [1.807, 2.05) is 18.2 Å². The van der Waals surface area contributed by atoms with E-state index in [1.54, 1.807) is 10.7 Å². The highest BCUT2D eigenvalue weighted by Gasteiger charge is 2.28. The normalized spacial score (nSPS) is 16.5. The molecule has 7 nitrogen and oxygen atoms in total. The van der Waals surface area contributed by atoms with E-state index in [4.69, 9.17) is 0 Å². The van der Waals surface area contributed by atoms with Gasteiger partial charge in [0, 0.05) is 31.6 Å². The highest BCUT2D eigenvalue weighted by atomic mass is 32.2. The lowest BCUT2D eigenvalue weighted by atomic mass is 10.2. The molecule has 0 spiro atoms. The van der Waals surface area contributed by atoms with E-state index in [2.05, 4.69) is 10.00 Å². The Morgan fingerprint density at radius 2 is 1.64 bits per heavy atom. The Hall–Kier alpha value is -2.62. The van der Waals surface area contributed by atoms with Crippen LogP contribution in [0.15, 0.2) is 64.4 Å². The lowest BCUT2D eigenvalue weighted by molar-refractivity contribution is 0.147. The quantitative estimate of drug-likeness (QED) is 0.661. The topological polar surface area (TPSA) is 75.5 Å². The number of aromatic nitrogens is 2. The molecule has 9 heteroatoms. The molecule has 0 aliphatic carbocycles. The first-order chi connectivity index (χ1) is 13.4. The summed E-state index contributed by atoms with van der Waals surface area (Å²) in [6.45, 7) is 2.19. The predicted octanol–water partition coefficient (Wildman–Crippen LogP) is 1.50. The van der Waals surface area contributed by atoms with Crippen molar-refractivity contribution in [1.29, 1.82) is 0 Å². The standard InChI is InChI=1S/C19H19FN4O3S/c20-15-5-7-16(8-6-15)28(26,27)23-11-9-22(10-12-23)14-24-18-4-2-1-3-17(18)19(25)13-21-24/h1-8,13H,9-12,14H2. The first kappa shape index (κ1) is 18.7. The van der Waals surface area contributed by atoms with Crippen molar-refractivity contribution < 1.29 is 12.8 Å². The summed E-state index contributed by atoms with van der Waals surface area (Å²) in [4.78, 5) is 14.1. The zero-order valence-electron chi connectivity index (χ0n) is 15.0. The second-order valence-corrected chi connectivity index (χ2v) is 8.58. The van der Waals surface area contributed by atoms with Gasteiger partial charge >= 0.3 is 0 Å². The monoisotopic (exact) mass is 402 g/mol. The summed E-state index contributed by atoms with van der Waals surface area (Å²) < 4.78 is 41.6. The summed E-state index contributed by atoms with van der Waals surface area (Å²) in [6, 6.07) is 12.1. The van der Waals surface area contributed by atoms with Gasteiger partial charge in [-0.25, -0.2) is 12.8 Å². The molecule has 0 atom stereocenters. The van der Waals surface area contributed by atoms with Crippen LogP contribution in [0.1, 0.15) is 0 Å². The Bertz CT molecular complexity index is 1150. The van der Waals surface area contributed by atoms with Crippen molar-refractivity contribution in [3.63, 3.8) is 0 Å². The summed E-state index contributed by atoms with van der Waals surface area (Å²) in [7, 11) is -3.64. The summed E-state index contributed by atoms with van der Waals surface area (Å²) in [5, 5.41) is 4.83. The minimum absolute atomic E-state index is 0.0930. The molecule has 1 saturated heterocycles. The summed E-state index contributed by atoms with van der Waals surface area (Å²) in [5.74, 6) is -0.468. The van der Waals surface area contributed by atoms with Crippen LogP contribution in [0.5, 0.6) is 0 Å². The third-order valence-corrected chi connectivity index (χ3v) is 6.79. The zero-order chi connectivity index (χ0) is 19.7. The molecule has 28 heavy (non-hydrogen) atoms. The second-order valence-electron chi connectivity index (χ2n) is 6.64. The molecule has 0 bridgehead atoms. The fourth-order valence-electron chi connectivity index (χ4n) is 3.33. The van der Waals surface area contributed by atoms with Crippen LogP contribution in [-0.2, 0) is 16.7 Å². The Balaban J connectivity index is 1.47. The molecule has 0 radical (unpaired) electrons.